The summed E-state index contributed by atoms with van der Waals surface area (Å²) in [5.41, 5.74) is 1.24. The number of esters is 1. The summed E-state index contributed by atoms with van der Waals surface area (Å²) in [5.74, 6) is -3.22. The first-order valence-corrected chi connectivity index (χ1v) is 9.13. The Morgan fingerprint density at radius 2 is 1.92 bits per heavy atom. The van der Waals surface area contributed by atoms with Crippen LogP contribution in [0.15, 0.2) is 12.2 Å². The summed E-state index contributed by atoms with van der Waals surface area (Å²) in [7, 11) is 1.31. The molecule has 1 amide bonds. The number of methoxy groups -OCH3 is 1. The second-order valence-electron chi connectivity index (χ2n) is 6.51. The molecule has 1 fully saturated rings. The van der Waals surface area contributed by atoms with Crippen molar-refractivity contribution in [1.82, 2.24) is 0 Å². The molecule has 25 heavy (non-hydrogen) atoms. The van der Waals surface area contributed by atoms with E-state index in [0.717, 1.165) is 10.4 Å². The zero-order chi connectivity index (χ0) is 18.3. The van der Waals surface area contributed by atoms with Gasteiger partial charge in [0.05, 0.1) is 24.5 Å². The standard InChI is InChI=1S/C18H21NO5S/c1-4-11-8(2)25-16(14(11)18(23)24-3)19-15(20)12-9-5-6-10(7-9)13(12)17(21)22/h5-6,9-10,12-13H,4,7H2,1-3H3,(H,19,20)(H,21,22)/t9-,10-,12-,13-/m0/s1. The number of thiophene rings is 1. The second-order valence-corrected chi connectivity index (χ2v) is 7.74. The number of hydrogen-bond acceptors (Lipinski definition) is 5. The van der Waals surface area contributed by atoms with Gasteiger partial charge in [-0.1, -0.05) is 19.1 Å². The normalized spacial score (nSPS) is 26.7. The number of amides is 1. The Kier molecular flexibility index (Phi) is 4.69. The number of fused-ring (bicyclic) bond motifs is 2. The van der Waals surface area contributed by atoms with Gasteiger partial charge >= 0.3 is 11.9 Å². The first-order chi connectivity index (χ1) is 11.9. The Labute approximate surface area is 149 Å². The van der Waals surface area contributed by atoms with Crippen LogP contribution in [0.1, 0.15) is 34.1 Å². The van der Waals surface area contributed by atoms with Crippen molar-refractivity contribution in [3.63, 3.8) is 0 Å². The molecule has 2 bridgehead atoms. The maximum absolute atomic E-state index is 12.8. The van der Waals surface area contributed by atoms with E-state index in [4.69, 9.17) is 4.74 Å². The Morgan fingerprint density at radius 1 is 1.28 bits per heavy atom. The Morgan fingerprint density at radius 3 is 2.48 bits per heavy atom. The van der Waals surface area contributed by atoms with Crippen molar-refractivity contribution in [3.05, 3.63) is 28.2 Å². The molecule has 2 N–H and O–H groups in total. The van der Waals surface area contributed by atoms with Crippen LogP contribution < -0.4 is 5.32 Å². The van der Waals surface area contributed by atoms with Gasteiger partial charge in [-0.15, -0.1) is 11.3 Å². The van der Waals surface area contributed by atoms with Gasteiger partial charge < -0.3 is 15.2 Å². The van der Waals surface area contributed by atoms with Gasteiger partial charge in [0, 0.05) is 4.88 Å². The number of carbonyl (C=O) groups excluding carboxylic acids is 2. The number of rotatable bonds is 5. The lowest BCUT2D eigenvalue weighted by Gasteiger charge is -2.23. The number of nitrogens with one attached hydrogen (secondary N) is 1. The number of carboxylic acid groups (broad SMARTS) is 1. The van der Waals surface area contributed by atoms with Crippen LogP contribution in [0.2, 0.25) is 0 Å². The first-order valence-electron chi connectivity index (χ1n) is 8.31. The first kappa shape index (κ1) is 17.7. The van der Waals surface area contributed by atoms with Gasteiger partial charge in [-0.3, -0.25) is 9.59 Å². The van der Waals surface area contributed by atoms with Crippen molar-refractivity contribution in [2.45, 2.75) is 26.7 Å². The molecular formula is C18H21NO5S. The highest BCUT2D eigenvalue weighted by Crippen LogP contribution is 2.48. The summed E-state index contributed by atoms with van der Waals surface area (Å²) in [4.78, 5) is 37.5. The van der Waals surface area contributed by atoms with E-state index in [0.29, 0.717) is 23.4 Å². The highest BCUT2D eigenvalue weighted by atomic mass is 32.1. The predicted octanol–water partition coefficient (Wildman–Crippen LogP) is 2.87. The van der Waals surface area contributed by atoms with Crippen LogP contribution in [-0.4, -0.2) is 30.1 Å². The summed E-state index contributed by atoms with van der Waals surface area (Å²) < 4.78 is 4.86. The molecule has 1 aromatic heterocycles. The Bertz CT molecular complexity index is 766. The molecular weight excluding hydrogens is 342 g/mol. The summed E-state index contributed by atoms with van der Waals surface area (Å²) in [5, 5.41) is 12.8. The fourth-order valence-corrected chi connectivity index (χ4v) is 5.26. The van der Waals surface area contributed by atoms with E-state index in [1.165, 1.54) is 18.4 Å². The van der Waals surface area contributed by atoms with Crippen LogP contribution in [0.5, 0.6) is 0 Å². The molecule has 0 spiro atoms. The Hall–Kier alpha value is -2.15. The number of aliphatic carboxylic acids is 1. The highest BCUT2D eigenvalue weighted by Gasteiger charge is 2.51. The molecule has 0 aromatic carbocycles. The molecule has 2 aliphatic carbocycles. The average molecular weight is 363 g/mol. The number of aryl methyl sites for hydroxylation is 1. The van der Waals surface area contributed by atoms with Gasteiger partial charge in [-0.05, 0) is 37.2 Å². The van der Waals surface area contributed by atoms with Crippen molar-refractivity contribution in [1.29, 1.82) is 0 Å². The Balaban J connectivity index is 1.90. The van der Waals surface area contributed by atoms with Crippen molar-refractivity contribution in [3.8, 4) is 0 Å². The lowest BCUT2D eigenvalue weighted by Crippen LogP contribution is -2.36. The van der Waals surface area contributed by atoms with E-state index in [2.05, 4.69) is 5.32 Å². The van der Waals surface area contributed by atoms with E-state index < -0.39 is 23.8 Å². The number of hydrogen-bond donors (Lipinski definition) is 2. The monoisotopic (exact) mass is 363 g/mol. The molecule has 3 rings (SSSR count). The molecule has 0 aliphatic heterocycles. The second kappa shape index (κ2) is 6.63. The predicted molar refractivity (Wildman–Crippen MR) is 93.8 cm³/mol. The van der Waals surface area contributed by atoms with Gasteiger partial charge in [0.25, 0.3) is 0 Å². The molecule has 4 atom stereocenters. The minimum atomic E-state index is -0.943. The summed E-state index contributed by atoms with van der Waals surface area (Å²) in [6.45, 7) is 3.83. The van der Waals surface area contributed by atoms with Crippen molar-refractivity contribution in [2.75, 3.05) is 12.4 Å². The minimum Gasteiger partial charge on any atom is -0.481 e. The quantitative estimate of drug-likeness (QED) is 0.620. The van der Waals surface area contributed by atoms with Gasteiger partial charge in [0.1, 0.15) is 5.00 Å². The molecule has 2 aliphatic rings. The third-order valence-electron chi connectivity index (χ3n) is 5.24. The zero-order valence-electron chi connectivity index (χ0n) is 14.4. The smallest absolute Gasteiger partial charge is 0.341 e. The lowest BCUT2D eigenvalue weighted by atomic mass is 9.82. The van der Waals surface area contributed by atoms with Crippen molar-refractivity contribution >= 4 is 34.2 Å². The third kappa shape index (κ3) is 2.86. The molecule has 6 nitrogen and oxygen atoms in total. The largest absolute Gasteiger partial charge is 0.481 e. The van der Waals surface area contributed by atoms with E-state index >= 15 is 0 Å². The van der Waals surface area contributed by atoms with E-state index in [-0.39, 0.29) is 17.7 Å². The summed E-state index contributed by atoms with van der Waals surface area (Å²) >= 11 is 1.33. The number of carboxylic acids is 1. The maximum Gasteiger partial charge on any atom is 0.341 e. The van der Waals surface area contributed by atoms with Gasteiger partial charge in [-0.25, -0.2) is 4.79 Å². The molecule has 7 heteroatoms. The van der Waals surface area contributed by atoms with Crippen LogP contribution in [-0.2, 0) is 20.7 Å². The molecule has 1 aromatic rings. The fourth-order valence-electron chi connectivity index (χ4n) is 4.12. The average Bonchev–Trinajstić information content (AvgIpc) is 3.26. The SMILES string of the molecule is CCc1c(C)sc(NC(=O)[C@@H]2[C@@H](C(=O)O)[C@H]3C=C[C@H]2C3)c1C(=O)OC. The third-order valence-corrected chi connectivity index (χ3v) is 6.30. The number of ether oxygens (including phenoxy) is 1. The van der Waals surface area contributed by atoms with E-state index in [1.807, 2.05) is 26.0 Å². The molecule has 1 heterocycles. The number of carbonyl (C=O) groups is 3. The molecule has 134 valence electrons. The minimum absolute atomic E-state index is 0.0561. The number of anilines is 1. The van der Waals surface area contributed by atoms with Crippen molar-refractivity contribution in [2.24, 2.45) is 23.7 Å². The topological polar surface area (TPSA) is 92.7 Å². The summed E-state index contributed by atoms with van der Waals surface area (Å²) in [6.07, 6.45) is 5.18. The lowest BCUT2D eigenvalue weighted by molar-refractivity contribution is -0.146. The van der Waals surface area contributed by atoms with E-state index in [9.17, 15) is 19.5 Å². The van der Waals surface area contributed by atoms with Crippen LogP contribution in [0, 0.1) is 30.6 Å². The highest BCUT2D eigenvalue weighted by molar-refractivity contribution is 7.16. The molecule has 0 unspecified atom stereocenters. The summed E-state index contributed by atoms with van der Waals surface area (Å²) in [6, 6.07) is 0. The fraction of sp³-hybridized carbons (Fsp3) is 0.500. The number of allylic oxidation sites excluding steroid dienone is 2. The van der Waals surface area contributed by atoms with Crippen LogP contribution in [0.25, 0.3) is 0 Å². The van der Waals surface area contributed by atoms with Gasteiger partial charge in [-0.2, -0.15) is 0 Å². The van der Waals surface area contributed by atoms with E-state index in [1.54, 1.807) is 0 Å². The molecule has 1 saturated carbocycles. The molecule has 0 saturated heterocycles. The maximum atomic E-state index is 12.8. The zero-order valence-corrected chi connectivity index (χ0v) is 15.2. The van der Waals surface area contributed by atoms with Gasteiger partial charge in [0.2, 0.25) is 5.91 Å². The van der Waals surface area contributed by atoms with Crippen LogP contribution in [0.4, 0.5) is 5.00 Å². The molecule has 0 radical (unpaired) electrons. The van der Waals surface area contributed by atoms with Crippen LogP contribution >= 0.6 is 11.3 Å². The van der Waals surface area contributed by atoms with Gasteiger partial charge in [0.15, 0.2) is 0 Å². The van der Waals surface area contributed by atoms with Crippen molar-refractivity contribution < 1.29 is 24.2 Å². The van der Waals surface area contributed by atoms with Crippen LogP contribution in [0.3, 0.4) is 0 Å².